The molecule has 0 saturated carbocycles. The summed E-state index contributed by atoms with van der Waals surface area (Å²) in [6.07, 6.45) is 7.54. The molecule has 0 bridgehead atoms. The first-order valence-electron chi connectivity index (χ1n) is 16.6. The van der Waals surface area contributed by atoms with Gasteiger partial charge in [0.05, 0.1) is 30.3 Å². The van der Waals surface area contributed by atoms with Crippen molar-refractivity contribution in [1.82, 2.24) is 5.32 Å². The lowest BCUT2D eigenvalue weighted by atomic mass is 9.81. The summed E-state index contributed by atoms with van der Waals surface area (Å²) in [7, 11) is 0. The van der Waals surface area contributed by atoms with Crippen LogP contribution in [0.25, 0.3) is 0 Å². The van der Waals surface area contributed by atoms with Gasteiger partial charge in [-0.2, -0.15) is 0 Å². The number of aliphatic hydroxyl groups is 4. The van der Waals surface area contributed by atoms with Gasteiger partial charge in [-0.25, -0.2) is 4.79 Å². The van der Waals surface area contributed by atoms with Crippen molar-refractivity contribution in [2.75, 3.05) is 6.54 Å². The van der Waals surface area contributed by atoms with Crippen LogP contribution in [0.1, 0.15) is 81.6 Å². The lowest BCUT2D eigenvalue weighted by Gasteiger charge is -2.36. The van der Waals surface area contributed by atoms with Crippen LogP contribution in [0.4, 0.5) is 4.79 Å². The lowest BCUT2D eigenvalue weighted by molar-refractivity contribution is -0.179. The van der Waals surface area contributed by atoms with Gasteiger partial charge in [0.15, 0.2) is 0 Å². The molecule has 5 N–H and O–H groups in total. The standard InChI is InChI=1S/C36H61NO8/c1-11-13-14-23(5)34(45-36(43)37-17-12-2)27(9)32(40)25(7)19-21(3)18-24(6)31(39)22(4)15-16-29(38)20-30-26(8)33(41)28(10)35(42)44-30/h11,13-16,18,22-34,38-41H,1,12,17,19-20H2,2-10H3,(H,37,43)/b14-13-,16-15-,21-18-/t22-,23-,24-,25-,26-,27-,28+,29+,30-,31-,32+,33-,34-/m0/s1. The molecule has 1 fully saturated rings. The van der Waals surface area contributed by atoms with Crippen LogP contribution in [0.2, 0.25) is 0 Å². The predicted molar refractivity (Wildman–Crippen MR) is 178 cm³/mol. The molecule has 0 spiro atoms. The first kappa shape index (κ1) is 40.6. The smallest absolute Gasteiger partial charge is 0.407 e. The van der Waals surface area contributed by atoms with E-state index in [-0.39, 0.29) is 41.9 Å². The molecule has 0 radical (unpaired) electrons. The van der Waals surface area contributed by atoms with Crippen LogP contribution in [-0.4, -0.2) is 75.7 Å². The highest BCUT2D eigenvalue weighted by atomic mass is 16.6. The Kier molecular flexibility index (Phi) is 18.0. The minimum atomic E-state index is -0.891. The van der Waals surface area contributed by atoms with Crippen molar-refractivity contribution in [2.45, 2.75) is 118 Å². The average molecular weight is 636 g/mol. The largest absolute Gasteiger partial charge is 0.462 e. The zero-order chi connectivity index (χ0) is 34.4. The van der Waals surface area contributed by atoms with Crippen molar-refractivity contribution >= 4 is 12.1 Å². The number of carbonyl (C=O) groups excluding carboxylic acids is 2. The quantitative estimate of drug-likeness (QED) is 0.0771. The number of allylic oxidation sites excluding steroid dienone is 3. The third-order valence-electron chi connectivity index (χ3n) is 9.13. The minimum Gasteiger partial charge on any atom is -0.462 e. The topological polar surface area (TPSA) is 146 Å². The van der Waals surface area contributed by atoms with E-state index in [0.717, 1.165) is 12.0 Å². The van der Waals surface area contributed by atoms with E-state index in [0.29, 0.717) is 13.0 Å². The molecule has 0 unspecified atom stereocenters. The molecular formula is C36H61NO8. The second-order valence-electron chi connectivity index (χ2n) is 13.3. The Bertz CT molecular complexity index is 1010. The molecule has 13 atom stereocenters. The van der Waals surface area contributed by atoms with Gasteiger partial charge in [-0.1, -0.05) is 97.1 Å². The number of ether oxygens (including phenoxy) is 2. The summed E-state index contributed by atoms with van der Waals surface area (Å²) in [6.45, 7) is 21.2. The number of cyclic esters (lactones) is 1. The SMILES string of the molecule is C=C/C=C\[C@H](C)[C@H](OC(=O)NCCC)[C@@H](C)[C@H](O)[C@@H](C)C/C(C)=C\[C@H](C)[C@@H](O)[C@@H](C)/C=C\[C@@H](O)C[C@@H]1OC(=O)[C@H](C)[C@@H](O)[C@H]1C. The number of aliphatic hydroxyl groups excluding tert-OH is 4. The van der Waals surface area contributed by atoms with Gasteiger partial charge in [0.2, 0.25) is 0 Å². The fourth-order valence-electron chi connectivity index (χ4n) is 6.06. The van der Waals surface area contributed by atoms with Crippen molar-refractivity contribution in [1.29, 1.82) is 0 Å². The highest BCUT2D eigenvalue weighted by molar-refractivity contribution is 5.73. The summed E-state index contributed by atoms with van der Waals surface area (Å²) in [5.41, 5.74) is 1.02. The molecule has 1 rings (SSSR count). The zero-order valence-corrected chi connectivity index (χ0v) is 28.9. The van der Waals surface area contributed by atoms with Gasteiger partial charge in [-0.15, -0.1) is 0 Å². The van der Waals surface area contributed by atoms with Crippen molar-refractivity contribution in [3.8, 4) is 0 Å². The van der Waals surface area contributed by atoms with Gasteiger partial charge in [-0.05, 0) is 32.6 Å². The number of nitrogens with one attached hydrogen (secondary N) is 1. The molecule has 9 heteroatoms. The Labute approximate surface area is 271 Å². The zero-order valence-electron chi connectivity index (χ0n) is 28.9. The van der Waals surface area contributed by atoms with Gasteiger partial charge in [-0.3, -0.25) is 4.79 Å². The van der Waals surface area contributed by atoms with E-state index in [1.54, 1.807) is 32.1 Å². The molecule has 1 aliphatic heterocycles. The summed E-state index contributed by atoms with van der Waals surface area (Å²) < 4.78 is 11.2. The number of rotatable bonds is 18. The van der Waals surface area contributed by atoms with Crippen molar-refractivity contribution in [3.63, 3.8) is 0 Å². The Balaban J connectivity index is 2.80. The summed E-state index contributed by atoms with van der Waals surface area (Å²) in [5.74, 6) is -2.40. The van der Waals surface area contributed by atoms with E-state index >= 15 is 0 Å². The van der Waals surface area contributed by atoms with Gasteiger partial charge in [0.25, 0.3) is 0 Å². The Morgan fingerprint density at radius 3 is 2.27 bits per heavy atom. The van der Waals surface area contributed by atoms with E-state index in [4.69, 9.17) is 9.47 Å². The molecule has 0 aromatic carbocycles. The van der Waals surface area contributed by atoms with Crippen LogP contribution in [-0.2, 0) is 14.3 Å². The average Bonchev–Trinajstić information content (AvgIpc) is 3.00. The van der Waals surface area contributed by atoms with E-state index in [9.17, 15) is 30.0 Å². The Morgan fingerprint density at radius 1 is 1.02 bits per heavy atom. The first-order valence-corrected chi connectivity index (χ1v) is 16.6. The number of esters is 1. The second kappa shape index (κ2) is 19.9. The highest BCUT2D eigenvalue weighted by Gasteiger charge is 2.41. The number of hydrogen-bond acceptors (Lipinski definition) is 8. The molecule has 9 nitrogen and oxygen atoms in total. The van der Waals surface area contributed by atoms with Crippen LogP contribution in [0.5, 0.6) is 0 Å². The van der Waals surface area contributed by atoms with Crippen LogP contribution >= 0.6 is 0 Å². The van der Waals surface area contributed by atoms with E-state index in [2.05, 4.69) is 11.9 Å². The second-order valence-corrected chi connectivity index (χ2v) is 13.3. The maximum absolute atomic E-state index is 12.4. The van der Waals surface area contributed by atoms with E-state index in [1.807, 2.05) is 66.7 Å². The first-order chi connectivity index (χ1) is 21.0. The number of hydrogen-bond donors (Lipinski definition) is 5. The summed E-state index contributed by atoms with van der Waals surface area (Å²) in [4.78, 5) is 24.4. The van der Waals surface area contributed by atoms with Crippen LogP contribution in [0, 0.1) is 41.4 Å². The Hall–Kier alpha value is -2.46. The minimum absolute atomic E-state index is 0.133. The molecule has 1 heterocycles. The maximum atomic E-state index is 12.4. The molecule has 0 aliphatic carbocycles. The van der Waals surface area contributed by atoms with Gasteiger partial charge < -0.3 is 35.2 Å². The van der Waals surface area contributed by atoms with Crippen LogP contribution in [0.15, 0.2) is 48.6 Å². The van der Waals surface area contributed by atoms with Crippen LogP contribution < -0.4 is 5.32 Å². The normalized spacial score (nSPS) is 27.1. The third kappa shape index (κ3) is 13.1. The van der Waals surface area contributed by atoms with Crippen LogP contribution in [0.3, 0.4) is 0 Å². The molecule has 1 amide bonds. The summed E-state index contributed by atoms with van der Waals surface area (Å²) in [5, 5.41) is 45.9. The van der Waals surface area contributed by atoms with Crippen molar-refractivity contribution in [3.05, 3.63) is 48.6 Å². The Morgan fingerprint density at radius 2 is 1.67 bits per heavy atom. The number of carbonyl (C=O) groups is 2. The highest BCUT2D eigenvalue weighted by Crippen LogP contribution is 2.30. The predicted octanol–water partition coefficient (Wildman–Crippen LogP) is 5.34. The lowest BCUT2D eigenvalue weighted by Crippen LogP contribution is -2.47. The third-order valence-corrected chi connectivity index (χ3v) is 9.13. The molecule has 45 heavy (non-hydrogen) atoms. The van der Waals surface area contributed by atoms with Gasteiger partial charge in [0, 0.05) is 42.6 Å². The monoisotopic (exact) mass is 635 g/mol. The fourth-order valence-corrected chi connectivity index (χ4v) is 6.06. The molecular weight excluding hydrogens is 574 g/mol. The van der Waals surface area contributed by atoms with Gasteiger partial charge >= 0.3 is 12.1 Å². The molecule has 0 aromatic heterocycles. The maximum Gasteiger partial charge on any atom is 0.407 e. The molecule has 1 aliphatic rings. The molecule has 0 aromatic rings. The van der Waals surface area contributed by atoms with E-state index in [1.165, 1.54) is 0 Å². The number of amides is 1. The molecule has 1 saturated heterocycles. The van der Waals surface area contributed by atoms with E-state index < -0.39 is 54.6 Å². The molecule has 258 valence electrons. The van der Waals surface area contributed by atoms with Crippen molar-refractivity contribution < 1.29 is 39.5 Å². The number of alkyl carbamates (subject to hydrolysis) is 1. The summed E-state index contributed by atoms with van der Waals surface area (Å²) in [6, 6.07) is 0. The van der Waals surface area contributed by atoms with Crippen molar-refractivity contribution in [2.24, 2.45) is 41.4 Å². The summed E-state index contributed by atoms with van der Waals surface area (Å²) >= 11 is 0. The van der Waals surface area contributed by atoms with Gasteiger partial charge in [0.1, 0.15) is 12.2 Å². The fraction of sp³-hybridized carbons (Fsp3) is 0.722.